The minimum atomic E-state index is -0.363. The summed E-state index contributed by atoms with van der Waals surface area (Å²) in [6.07, 6.45) is -0.363. The van der Waals surface area contributed by atoms with E-state index in [0.29, 0.717) is 33.3 Å². The van der Waals surface area contributed by atoms with Gasteiger partial charge >= 0.3 is 0 Å². The summed E-state index contributed by atoms with van der Waals surface area (Å²) >= 11 is 13.3. The third kappa shape index (κ3) is 2.67. The Kier molecular flexibility index (Phi) is 4.58. The van der Waals surface area contributed by atoms with Crippen LogP contribution in [0.4, 0.5) is 5.69 Å². The number of ether oxygens (including phenoxy) is 2. The van der Waals surface area contributed by atoms with Crippen molar-refractivity contribution in [3.63, 3.8) is 0 Å². The first-order chi connectivity index (χ1) is 8.67. The van der Waals surface area contributed by atoms with Crippen LogP contribution in [-0.4, -0.2) is 35.8 Å². The second kappa shape index (κ2) is 5.99. The first-order valence-corrected chi connectivity index (χ1v) is 6.55. The van der Waals surface area contributed by atoms with Crippen molar-refractivity contribution in [1.82, 2.24) is 8.75 Å². The predicted molar refractivity (Wildman–Crippen MR) is 73.7 cm³/mol. The summed E-state index contributed by atoms with van der Waals surface area (Å²) in [5.74, 6) is 0. The van der Waals surface area contributed by atoms with Gasteiger partial charge in [0.05, 0.1) is 34.0 Å². The summed E-state index contributed by atoms with van der Waals surface area (Å²) in [7, 11) is 3.14. The van der Waals surface area contributed by atoms with E-state index in [0.717, 1.165) is 11.7 Å². The van der Waals surface area contributed by atoms with Crippen molar-refractivity contribution in [3.05, 3.63) is 16.1 Å². The number of anilines is 1. The van der Waals surface area contributed by atoms with Crippen LogP contribution in [-0.2, 0) is 9.47 Å². The summed E-state index contributed by atoms with van der Waals surface area (Å²) in [5.41, 5.74) is 1.98. The second-order valence-corrected chi connectivity index (χ2v) is 4.80. The van der Waals surface area contributed by atoms with E-state index in [1.807, 2.05) is 0 Å². The first-order valence-electron chi connectivity index (χ1n) is 5.07. The van der Waals surface area contributed by atoms with E-state index < -0.39 is 0 Å². The molecule has 1 aromatic heterocycles. The van der Waals surface area contributed by atoms with E-state index in [4.69, 9.17) is 32.7 Å². The van der Waals surface area contributed by atoms with Gasteiger partial charge in [-0.05, 0) is 6.07 Å². The highest BCUT2D eigenvalue weighted by Crippen LogP contribution is 2.35. The van der Waals surface area contributed by atoms with Gasteiger partial charge < -0.3 is 14.8 Å². The number of fused-ring (bicyclic) bond motifs is 1. The van der Waals surface area contributed by atoms with Crippen LogP contribution in [0.5, 0.6) is 0 Å². The SMILES string of the molecule is COC(CNc1c(Cl)cc(Cl)c2nsnc12)OC. The number of methoxy groups -OCH3 is 2. The highest BCUT2D eigenvalue weighted by Gasteiger charge is 2.15. The van der Waals surface area contributed by atoms with Crippen LogP contribution in [0, 0.1) is 0 Å². The molecule has 0 saturated carbocycles. The molecule has 1 heterocycles. The highest BCUT2D eigenvalue weighted by atomic mass is 35.5. The lowest BCUT2D eigenvalue weighted by Gasteiger charge is -2.16. The van der Waals surface area contributed by atoms with E-state index in [1.54, 1.807) is 20.3 Å². The van der Waals surface area contributed by atoms with Crippen LogP contribution in [0.15, 0.2) is 6.07 Å². The van der Waals surface area contributed by atoms with Gasteiger partial charge in [-0.3, -0.25) is 0 Å². The lowest BCUT2D eigenvalue weighted by atomic mass is 10.2. The molecule has 0 bridgehead atoms. The normalized spacial score (nSPS) is 11.4. The van der Waals surface area contributed by atoms with Gasteiger partial charge in [0.25, 0.3) is 0 Å². The summed E-state index contributed by atoms with van der Waals surface area (Å²) in [6.45, 7) is 0.445. The lowest BCUT2D eigenvalue weighted by molar-refractivity contribution is -0.0913. The molecule has 0 aliphatic rings. The van der Waals surface area contributed by atoms with E-state index >= 15 is 0 Å². The average molecular weight is 308 g/mol. The number of nitrogens with zero attached hydrogens (tertiary/aromatic N) is 2. The molecule has 0 radical (unpaired) electrons. The molecule has 2 rings (SSSR count). The topological polar surface area (TPSA) is 56.3 Å². The van der Waals surface area contributed by atoms with Crippen molar-refractivity contribution in [3.8, 4) is 0 Å². The van der Waals surface area contributed by atoms with Crippen molar-refractivity contribution < 1.29 is 9.47 Å². The van der Waals surface area contributed by atoms with E-state index in [2.05, 4.69) is 14.1 Å². The molecule has 98 valence electrons. The molecule has 0 atom stereocenters. The number of benzene rings is 1. The van der Waals surface area contributed by atoms with Gasteiger partial charge in [-0.1, -0.05) is 23.2 Å². The Morgan fingerprint density at radius 1 is 1.22 bits per heavy atom. The second-order valence-electron chi connectivity index (χ2n) is 3.46. The highest BCUT2D eigenvalue weighted by molar-refractivity contribution is 7.00. The Morgan fingerprint density at radius 2 is 1.89 bits per heavy atom. The van der Waals surface area contributed by atoms with Crippen LogP contribution in [0.1, 0.15) is 0 Å². The van der Waals surface area contributed by atoms with Gasteiger partial charge in [0.2, 0.25) is 0 Å². The summed E-state index contributed by atoms with van der Waals surface area (Å²) in [4.78, 5) is 0. The number of rotatable bonds is 5. The smallest absolute Gasteiger partial charge is 0.173 e. The van der Waals surface area contributed by atoms with Gasteiger partial charge in [-0.25, -0.2) is 0 Å². The minimum absolute atomic E-state index is 0.363. The maximum atomic E-state index is 6.14. The first kappa shape index (κ1) is 13.8. The van der Waals surface area contributed by atoms with E-state index in [1.165, 1.54) is 0 Å². The van der Waals surface area contributed by atoms with Crippen molar-refractivity contribution in [2.75, 3.05) is 26.1 Å². The van der Waals surface area contributed by atoms with Gasteiger partial charge in [-0.2, -0.15) is 8.75 Å². The van der Waals surface area contributed by atoms with Gasteiger partial charge in [0, 0.05) is 14.2 Å². The quantitative estimate of drug-likeness (QED) is 0.861. The molecule has 2 aromatic rings. The molecule has 18 heavy (non-hydrogen) atoms. The van der Waals surface area contributed by atoms with Gasteiger partial charge in [0.15, 0.2) is 6.29 Å². The molecule has 0 fully saturated rings. The predicted octanol–water partition coefficient (Wildman–Crippen LogP) is 3.03. The molecule has 0 spiro atoms. The Hall–Kier alpha value is -0.660. The zero-order valence-corrected chi connectivity index (χ0v) is 12.1. The fourth-order valence-electron chi connectivity index (χ4n) is 1.49. The summed E-state index contributed by atoms with van der Waals surface area (Å²) in [6, 6.07) is 1.64. The maximum Gasteiger partial charge on any atom is 0.173 e. The number of halogens is 2. The molecule has 0 aliphatic heterocycles. The molecule has 0 amide bonds. The van der Waals surface area contributed by atoms with Crippen molar-refractivity contribution in [1.29, 1.82) is 0 Å². The molecule has 1 aromatic carbocycles. The van der Waals surface area contributed by atoms with E-state index in [9.17, 15) is 0 Å². The number of aromatic nitrogens is 2. The fraction of sp³-hybridized carbons (Fsp3) is 0.400. The monoisotopic (exact) mass is 307 g/mol. The maximum absolute atomic E-state index is 6.14. The third-order valence-electron chi connectivity index (χ3n) is 2.42. The fourth-order valence-corrected chi connectivity index (χ4v) is 2.67. The Morgan fingerprint density at radius 3 is 2.56 bits per heavy atom. The van der Waals surface area contributed by atoms with Crippen LogP contribution in [0.3, 0.4) is 0 Å². The van der Waals surface area contributed by atoms with Crippen LogP contribution >= 0.6 is 34.9 Å². The van der Waals surface area contributed by atoms with Crippen LogP contribution in [0.2, 0.25) is 10.0 Å². The molecule has 5 nitrogen and oxygen atoms in total. The average Bonchev–Trinajstić information content (AvgIpc) is 2.83. The van der Waals surface area contributed by atoms with Gasteiger partial charge in [0.1, 0.15) is 11.0 Å². The lowest BCUT2D eigenvalue weighted by Crippen LogP contribution is -2.23. The summed E-state index contributed by atoms with van der Waals surface area (Å²) in [5, 5.41) is 4.12. The van der Waals surface area contributed by atoms with Crippen molar-refractivity contribution >= 4 is 51.7 Å². The summed E-state index contributed by atoms with van der Waals surface area (Å²) < 4.78 is 18.5. The molecule has 1 N–H and O–H groups in total. The molecular formula is C10H11Cl2N3O2S. The number of nitrogens with one attached hydrogen (secondary N) is 1. The van der Waals surface area contributed by atoms with Crippen LogP contribution in [0.25, 0.3) is 11.0 Å². The number of hydrogen-bond donors (Lipinski definition) is 1. The Bertz CT molecular complexity index is 545. The van der Waals surface area contributed by atoms with Crippen LogP contribution < -0.4 is 5.32 Å². The third-order valence-corrected chi connectivity index (χ3v) is 3.53. The minimum Gasteiger partial charge on any atom is -0.377 e. The standard InChI is InChI=1S/C10H11Cl2N3O2S/c1-16-7(17-2)4-13-8-5(11)3-6(12)9-10(8)15-18-14-9/h3,7,13H,4H2,1-2H3. The van der Waals surface area contributed by atoms with Crippen molar-refractivity contribution in [2.45, 2.75) is 6.29 Å². The van der Waals surface area contributed by atoms with E-state index in [-0.39, 0.29) is 6.29 Å². The Balaban J connectivity index is 2.30. The molecular weight excluding hydrogens is 297 g/mol. The van der Waals surface area contributed by atoms with Crippen molar-refractivity contribution in [2.24, 2.45) is 0 Å². The zero-order chi connectivity index (χ0) is 13.1. The molecule has 8 heteroatoms. The largest absolute Gasteiger partial charge is 0.377 e. The molecule has 0 unspecified atom stereocenters. The zero-order valence-electron chi connectivity index (χ0n) is 9.74. The van der Waals surface area contributed by atoms with Gasteiger partial charge in [-0.15, -0.1) is 0 Å². The Labute approximate surface area is 118 Å². The molecule has 0 saturated heterocycles. The molecule has 0 aliphatic carbocycles. The number of hydrogen-bond acceptors (Lipinski definition) is 6.